The number of pyridine rings is 1. The van der Waals surface area contributed by atoms with Crippen molar-refractivity contribution in [2.45, 2.75) is 19.9 Å². The lowest BCUT2D eigenvalue weighted by Crippen LogP contribution is -2.25. The lowest BCUT2D eigenvalue weighted by Gasteiger charge is -2.10. The van der Waals surface area contributed by atoms with E-state index in [4.69, 9.17) is 0 Å². The molecule has 0 aromatic carbocycles. The molecule has 0 aliphatic heterocycles. The van der Waals surface area contributed by atoms with E-state index in [1.54, 1.807) is 5.38 Å². The summed E-state index contributed by atoms with van der Waals surface area (Å²) in [6.07, 6.45) is 1.92. The van der Waals surface area contributed by atoms with Crippen LogP contribution in [-0.2, 0) is 6.54 Å². The molecule has 6 nitrogen and oxygen atoms in total. The molecule has 0 bridgehead atoms. The van der Waals surface area contributed by atoms with Crippen molar-refractivity contribution < 1.29 is 9.18 Å². The highest BCUT2D eigenvalue weighted by atomic mass is 32.1. The Balaban J connectivity index is 2.09. The van der Waals surface area contributed by atoms with Crippen LogP contribution in [0, 0.1) is 5.82 Å². The third-order valence-corrected chi connectivity index (χ3v) is 3.37. The van der Waals surface area contributed by atoms with E-state index < -0.39 is 11.7 Å². The van der Waals surface area contributed by atoms with Crippen molar-refractivity contribution in [1.82, 2.24) is 15.3 Å². The molecule has 0 saturated heterocycles. The SMILES string of the molecule is CCCNc1ncc(F)cc1C(=O)NCc1csc(=O)[nH]1. The zero-order valence-corrected chi connectivity index (χ0v) is 12.2. The summed E-state index contributed by atoms with van der Waals surface area (Å²) in [5.41, 5.74) is 0.742. The summed E-state index contributed by atoms with van der Waals surface area (Å²) in [4.78, 5) is 29.4. The van der Waals surface area contributed by atoms with E-state index in [2.05, 4.69) is 20.6 Å². The molecule has 0 spiro atoms. The van der Waals surface area contributed by atoms with Crippen molar-refractivity contribution in [1.29, 1.82) is 0 Å². The van der Waals surface area contributed by atoms with Gasteiger partial charge in [0, 0.05) is 17.6 Å². The molecule has 3 N–H and O–H groups in total. The van der Waals surface area contributed by atoms with E-state index in [0.29, 0.717) is 18.1 Å². The minimum Gasteiger partial charge on any atom is -0.369 e. The Morgan fingerprint density at radius 3 is 3.00 bits per heavy atom. The van der Waals surface area contributed by atoms with Crippen LogP contribution in [0.3, 0.4) is 0 Å². The predicted molar refractivity (Wildman–Crippen MR) is 79.1 cm³/mol. The molecule has 2 aromatic heterocycles. The Bertz CT molecular complexity index is 683. The highest BCUT2D eigenvalue weighted by molar-refractivity contribution is 7.07. The second-order valence-electron chi connectivity index (χ2n) is 4.33. The van der Waals surface area contributed by atoms with Gasteiger partial charge in [0.25, 0.3) is 5.91 Å². The molecule has 8 heteroatoms. The number of halogens is 1. The summed E-state index contributed by atoms with van der Waals surface area (Å²) in [6.45, 7) is 2.78. The molecular formula is C13H15FN4O2S. The van der Waals surface area contributed by atoms with E-state index in [1.165, 1.54) is 0 Å². The molecule has 0 atom stereocenters. The van der Waals surface area contributed by atoms with Crippen molar-refractivity contribution in [2.24, 2.45) is 0 Å². The highest BCUT2D eigenvalue weighted by Gasteiger charge is 2.14. The second-order valence-corrected chi connectivity index (χ2v) is 5.17. The summed E-state index contributed by atoms with van der Waals surface area (Å²) in [5.74, 6) is -0.687. The van der Waals surface area contributed by atoms with Crippen LogP contribution >= 0.6 is 11.3 Å². The number of amides is 1. The minimum absolute atomic E-state index is 0.140. The van der Waals surface area contributed by atoms with Gasteiger partial charge in [-0.3, -0.25) is 9.59 Å². The third kappa shape index (κ3) is 4.12. The van der Waals surface area contributed by atoms with Gasteiger partial charge in [0.1, 0.15) is 11.6 Å². The van der Waals surface area contributed by atoms with Crippen LogP contribution in [0.15, 0.2) is 22.4 Å². The summed E-state index contributed by atoms with van der Waals surface area (Å²) < 4.78 is 13.3. The first-order chi connectivity index (χ1) is 10.1. The lowest BCUT2D eigenvalue weighted by atomic mass is 10.2. The Labute approximate surface area is 124 Å². The molecule has 2 heterocycles. The summed E-state index contributed by atoms with van der Waals surface area (Å²) in [7, 11) is 0. The molecule has 112 valence electrons. The molecule has 1 amide bonds. The maximum absolute atomic E-state index is 13.3. The van der Waals surface area contributed by atoms with E-state index >= 15 is 0 Å². The van der Waals surface area contributed by atoms with Gasteiger partial charge in [-0.05, 0) is 12.5 Å². The van der Waals surface area contributed by atoms with Gasteiger partial charge in [-0.1, -0.05) is 18.3 Å². The maximum Gasteiger partial charge on any atom is 0.304 e. The van der Waals surface area contributed by atoms with Gasteiger partial charge >= 0.3 is 4.87 Å². The van der Waals surface area contributed by atoms with Crippen molar-refractivity contribution in [2.75, 3.05) is 11.9 Å². The topological polar surface area (TPSA) is 86.9 Å². The van der Waals surface area contributed by atoms with Gasteiger partial charge in [-0.25, -0.2) is 9.37 Å². The molecule has 2 rings (SSSR count). The van der Waals surface area contributed by atoms with Crippen molar-refractivity contribution in [3.8, 4) is 0 Å². The zero-order valence-electron chi connectivity index (χ0n) is 11.4. The van der Waals surface area contributed by atoms with Gasteiger partial charge in [0.05, 0.1) is 18.3 Å². The van der Waals surface area contributed by atoms with Gasteiger partial charge < -0.3 is 15.6 Å². The molecule has 0 unspecified atom stereocenters. The molecule has 21 heavy (non-hydrogen) atoms. The number of thiazole rings is 1. The number of aromatic amines is 1. The molecule has 0 aliphatic rings. The Kier molecular flexibility index (Phi) is 5.04. The average molecular weight is 310 g/mol. The molecule has 0 saturated carbocycles. The zero-order chi connectivity index (χ0) is 15.2. The van der Waals surface area contributed by atoms with Gasteiger partial charge in [-0.2, -0.15) is 0 Å². The fourth-order valence-electron chi connectivity index (χ4n) is 1.67. The number of rotatable bonds is 6. The molecule has 0 radical (unpaired) electrons. The van der Waals surface area contributed by atoms with Crippen LogP contribution in [-0.4, -0.2) is 22.4 Å². The number of nitrogens with zero attached hydrogens (tertiary/aromatic N) is 1. The average Bonchev–Trinajstić information content (AvgIpc) is 2.89. The lowest BCUT2D eigenvalue weighted by molar-refractivity contribution is 0.0950. The summed E-state index contributed by atoms with van der Waals surface area (Å²) in [6, 6.07) is 1.14. The molecule has 2 aromatic rings. The first-order valence-corrected chi connectivity index (χ1v) is 7.32. The number of H-pyrrole nitrogens is 1. The monoisotopic (exact) mass is 310 g/mol. The number of aromatic nitrogens is 2. The van der Waals surface area contributed by atoms with Crippen LogP contribution < -0.4 is 15.5 Å². The number of anilines is 1. The third-order valence-electron chi connectivity index (χ3n) is 2.65. The predicted octanol–water partition coefficient (Wildman–Crippen LogP) is 1.72. The Hall–Kier alpha value is -2.22. The first kappa shape index (κ1) is 15.2. The first-order valence-electron chi connectivity index (χ1n) is 6.44. The number of nitrogens with one attached hydrogen (secondary N) is 3. The quantitative estimate of drug-likeness (QED) is 0.758. The van der Waals surface area contributed by atoms with E-state index in [-0.39, 0.29) is 17.0 Å². The van der Waals surface area contributed by atoms with Crippen molar-refractivity contribution in [3.63, 3.8) is 0 Å². The normalized spacial score (nSPS) is 10.4. The van der Waals surface area contributed by atoms with E-state index in [0.717, 1.165) is 30.0 Å². The highest BCUT2D eigenvalue weighted by Crippen LogP contribution is 2.14. The number of hydrogen-bond acceptors (Lipinski definition) is 5. The van der Waals surface area contributed by atoms with Crippen molar-refractivity contribution in [3.05, 3.63) is 44.4 Å². The van der Waals surface area contributed by atoms with Gasteiger partial charge in [0.2, 0.25) is 0 Å². The van der Waals surface area contributed by atoms with Crippen LogP contribution in [0.5, 0.6) is 0 Å². The minimum atomic E-state index is -0.578. The Morgan fingerprint density at radius 1 is 1.52 bits per heavy atom. The second kappa shape index (κ2) is 6.98. The number of carbonyl (C=O) groups excluding carboxylic acids is 1. The number of carbonyl (C=O) groups is 1. The Morgan fingerprint density at radius 2 is 2.33 bits per heavy atom. The van der Waals surface area contributed by atoms with E-state index in [9.17, 15) is 14.0 Å². The van der Waals surface area contributed by atoms with Gasteiger partial charge in [-0.15, -0.1) is 0 Å². The fourth-order valence-corrected chi connectivity index (χ4v) is 2.25. The molecular weight excluding hydrogens is 295 g/mol. The fraction of sp³-hybridized carbons (Fsp3) is 0.308. The molecule has 0 aliphatic carbocycles. The summed E-state index contributed by atoms with van der Waals surface area (Å²) in [5, 5.41) is 7.23. The number of hydrogen-bond donors (Lipinski definition) is 3. The maximum atomic E-state index is 13.3. The van der Waals surface area contributed by atoms with Crippen LogP contribution in [0.25, 0.3) is 0 Å². The van der Waals surface area contributed by atoms with Crippen LogP contribution in [0.1, 0.15) is 29.4 Å². The van der Waals surface area contributed by atoms with Crippen LogP contribution in [0.4, 0.5) is 10.2 Å². The van der Waals surface area contributed by atoms with Gasteiger partial charge in [0.15, 0.2) is 0 Å². The molecule has 0 fully saturated rings. The summed E-state index contributed by atoms with van der Waals surface area (Å²) >= 11 is 1.02. The van der Waals surface area contributed by atoms with Crippen LogP contribution in [0.2, 0.25) is 0 Å². The largest absolute Gasteiger partial charge is 0.369 e. The van der Waals surface area contributed by atoms with E-state index in [1.807, 2.05) is 6.92 Å². The standard InChI is InChI=1S/C13H15FN4O2S/c1-2-3-15-11-10(4-8(14)5-16-11)12(19)17-6-9-7-21-13(20)18-9/h4-5,7H,2-3,6H2,1H3,(H,15,16)(H,17,19)(H,18,20). The smallest absolute Gasteiger partial charge is 0.304 e. The van der Waals surface area contributed by atoms with Crippen molar-refractivity contribution >= 4 is 23.1 Å².